The maximum Gasteiger partial charge on any atom is 0.327 e. The molecular formula is C20H29NO3. The summed E-state index contributed by atoms with van der Waals surface area (Å²) in [5, 5.41) is 0. The molecule has 1 fully saturated rings. The molecule has 0 aliphatic carbocycles. The molecule has 24 heavy (non-hydrogen) atoms. The van der Waals surface area contributed by atoms with Gasteiger partial charge in [0.1, 0.15) is 6.54 Å². The molecule has 2 atom stereocenters. The molecule has 1 saturated heterocycles. The minimum atomic E-state index is -0.421. The van der Waals surface area contributed by atoms with E-state index < -0.39 is 6.23 Å². The Morgan fingerprint density at radius 2 is 1.92 bits per heavy atom. The van der Waals surface area contributed by atoms with Crippen LogP contribution in [0.3, 0.4) is 0 Å². The Kier molecular flexibility index (Phi) is 7.29. The third-order valence-corrected chi connectivity index (χ3v) is 4.65. The average molecular weight is 331 g/mol. The van der Waals surface area contributed by atoms with Gasteiger partial charge < -0.3 is 4.74 Å². The number of esters is 1. The van der Waals surface area contributed by atoms with E-state index in [0.717, 1.165) is 12.8 Å². The standard InChI is InChI=1S/C20H29NO3/c1-3-4-5-6-10-13-18(22)21-15-20(23)24-19(21)14-16(2)17-11-8-7-9-12-17/h7-9,11-12,16,19H,3-6,10,13-15H2,1-2H3. The van der Waals surface area contributed by atoms with E-state index in [4.69, 9.17) is 4.74 Å². The molecule has 0 saturated carbocycles. The summed E-state index contributed by atoms with van der Waals surface area (Å²) in [7, 11) is 0. The van der Waals surface area contributed by atoms with Crippen LogP contribution in [0.5, 0.6) is 0 Å². The molecule has 4 nitrogen and oxygen atoms in total. The van der Waals surface area contributed by atoms with Crippen LogP contribution in [0.25, 0.3) is 0 Å². The molecule has 2 rings (SSSR count). The second kappa shape index (κ2) is 9.45. The molecule has 2 unspecified atom stereocenters. The van der Waals surface area contributed by atoms with Crippen molar-refractivity contribution < 1.29 is 14.3 Å². The lowest BCUT2D eigenvalue weighted by molar-refractivity contribution is -0.143. The first-order valence-electron chi connectivity index (χ1n) is 9.15. The maximum absolute atomic E-state index is 12.4. The van der Waals surface area contributed by atoms with Crippen molar-refractivity contribution >= 4 is 11.9 Å². The van der Waals surface area contributed by atoms with Crippen molar-refractivity contribution in [2.45, 2.75) is 70.9 Å². The van der Waals surface area contributed by atoms with Crippen LogP contribution in [-0.4, -0.2) is 29.5 Å². The van der Waals surface area contributed by atoms with Gasteiger partial charge in [0.05, 0.1) is 0 Å². The van der Waals surface area contributed by atoms with Crippen molar-refractivity contribution in [3.8, 4) is 0 Å². The topological polar surface area (TPSA) is 46.6 Å². The van der Waals surface area contributed by atoms with Gasteiger partial charge in [0.2, 0.25) is 5.91 Å². The smallest absolute Gasteiger partial charge is 0.327 e. The Labute approximate surface area is 145 Å². The average Bonchev–Trinajstić information content (AvgIpc) is 2.95. The fourth-order valence-electron chi connectivity index (χ4n) is 3.16. The zero-order valence-corrected chi connectivity index (χ0v) is 14.9. The molecule has 1 aromatic carbocycles. The van der Waals surface area contributed by atoms with Crippen molar-refractivity contribution in [3.05, 3.63) is 35.9 Å². The summed E-state index contributed by atoms with van der Waals surface area (Å²) >= 11 is 0. The summed E-state index contributed by atoms with van der Waals surface area (Å²) in [6.45, 7) is 4.38. The van der Waals surface area contributed by atoms with Crippen LogP contribution in [0, 0.1) is 0 Å². The van der Waals surface area contributed by atoms with Crippen molar-refractivity contribution in [3.63, 3.8) is 0 Å². The third-order valence-electron chi connectivity index (χ3n) is 4.65. The van der Waals surface area contributed by atoms with Gasteiger partial charge in [-0.15, -0.1) is 0 Å². The molecule has 132 valence electrons. The lowest BCUT2D eigenvalue weighted by Crippen LogP contribution is -2.36. The van der Waals surface area contributed by atoms with Crippen molar-refractivity contribution in [1.29, 1.82) is 0 Å². The number of hydrogen-bond acceptors (Lipinski definition) is 3. The van der Waals surface area contributed by atoms with Gasteiger partial charge in [-0.05, 0) is 17.9 Å². The normalized spacial score (nSPS) is 18.5. The lowest BCUT2D eigenvalue weighted by Gasteiger charge is -2.24. The largest absolute Gasteiger partial charge is 0.440 e. The summed E-state index contributed by atoms with van der Waals surface area (Å²) in [5.74, 6) is -0.0100. The van der Waals surface area contributed by atoms with Crippen LogP contribution in [0.4, 0.5) is 0 Å². The van der Waals surface area contributed by atoms with E-state index in [-0.39, 0.29) is 24.3 Å². The van der Waals surface area contributed by atoms with E-state index in [1.165, 1.54) is 24.8 Å². The van der Waals surface area contributed by atoms with Gasteiger partial charge in [-0.25, -0.2) is 0 Å². The van der Waals surface area contributed by atoms with E-state index in [1.807, 2.05) is 18.2 Å². The number of amides is 1. The zero-order valence-electron chi connectivity index (χ0n) is 14.9. The summed E-state index contributed by atoms with van der Waals surface area (Å²) in [5.41, 5.74) is 1.20. The lowest BCUT2D eigenvalue weighted by atomic mass is 9.97. The fraction of sp³-hybridized carbons (Fsp3) is 0.600. The van der Waals surface area contributed by atoms with Gasteiger partial charge in [-0.3, -0.25) is 14.5 Å². The minimum absolute atomic E-state index is 0.0441. The quantitative estimate of drug-likeness (QED) is 0.502. The van der Waals surface area contributed by atoms with Gasteiger partial charge in [0, 0.05) is 12.8 Å². The molecule has 1 heterocycles. The Morgan fingerprint density at radius 1 is 1.21 bits per heavy atom. The van der Waals surface area contributed by atoms with Crippen molar-refractivity contribution in [2.75, 3.05) is 6.54 Å². The molecule has 0 bridgehead atoms. The first kappa shape index (κ1) is 18.5. The van der Waals surface area contributed by atoms with Crippen molar-refractivity contribution in [2.24, 2.45) is 0 Å². The number of benzene rings is 1. The second-order valence-electron chi connectivity index (χ2n) is 6.68. The molecular weight excluding hydrogens is 302 g/mol. The van der Waals surface area contributed by atoms with Crippen LogP contribution < -0.4 is 0 Å². The van der Waals surface area contributed by atoms with Crippen LogP contribution in [-0.2, 0) is 14.3 Å². The van der Waals surface area contributed by atoms with E-state index in [9.17, 15) is 9.59 Å². The number of carbonyl (C=O) groups excluding carboxylic acids is 2. The number of hydrogen-bond donors (Lipinski definition) is 0. The molecule has 4 heteroatoms. The molecule has 1 aromatic rings. The fourth-order valence-corrected chi connectivity index (χ4v) is 3.16. The summed E-state index contributed by atoms with van der Waals surface area (Å²) in [6.07, 6.45) is 6.30. The van der Waals surface area contributed by atoms with E-state index in [0.29, 0.717) is 12.8 Å². The first-order valence-corrected chi connectivity index (χ1v) is 9.15. The number of ether oxygens (including phenoxy) is 1. The number of nitrogens with zero attached hydrogens (tertiary/aromatic N) is 1. The van der Waals surface area contributed by atoms with Crippen LogP contribution >= 0.6 is 0 Å². The SMILES string of the molecule is CCCCCCCC(=O)N1CC(=O)OC1CC(C)c1ccccc1. The predicted octanol–water partition coefficient (Wildman–Crippen LogP) is 4.25. The first-order chi connectivity index (χ1) is 11.6. The van der Waals surface area contributed by atoms with Crippen molar-refractivity contribution in [1.82, 2.24) is 4.90 Å². The highest BCUT2D eigenvalue weighted by Gasteiger charge is 2.36. The number of carbonyl (C=O) groups is 2. The third kappa shape index (κ3) is 5.36. The maximum atomic E-state index is 12.4. The highest BCUT2D eigenvalue weighted by Crippen LogP contribution is 2.26. The van der Waals surface area contributed by atoms with Gasteiger partial charge in [0.25, 0.3) is 0 Å². The zero-order chi connectivity index (χ0) is 17.4. The highest BCUT2D eigenvalue weighted by atomic mass is 16.6. The Balaban J connectivity index is 1.86. The molecule has 0 radical (unpaired) electrons. The Bertz CT molecular complexity index is 529. The van der Waals surface area contributed by atoms with Crippen LogP contribution in [0.2, 0.25) is 0 Å². The Hall–Kier alpha value is -1.84. The molecule has 0 N–H and O–H groups in total. The monoisotopic (exact) mass is 331 g/mol. The van der Waals surface area contributed by atoms with E-state index in [2.05, 4.69) is 26.0 Å². The van der Waals surface area contributed by atoms with E-state index >= 15 is 0 Å². The molecule has 1 amide bonds. The minimum Gasteiger partial charge on any atom is -0.440 e. The van der Waals surface area contributed by atoms with Gasteiger partial charge in [0.15, 0.2) is 6.23 Å². The summed E-state index contributed by atoms with van der Waals surface area (Å²) in [4.78, 5) is 25.8. The van der Waals surface area contributed by atoms with Gasteiger partial charge >= 0.3 is 5.97 Å². The van der Waals surface area contributed by atoms with E-state index in [1.54, 1.807) is 4.90 Å². The predicted molar refractivity (Wildman–Crippen MR) is 94.4 cm³/mol. The number of unbranched alkanes of at least 4 members (excludes halogenated alkanes) is 4. The summed E-state index contributed by atoms with van der Waals surface area (Å²) < 4.78 is 5.40. The second-order valence-corrected chi connectivity index (χ2v) is 6.68. The summed E-state index contributed by atoms with van der Waals surface area (Å²) in [6, 6.07) is 10.1. The molecule has 1 aliphatic heterocycles. The molecule has 0 aromatic heterocycles. The van der Waals surface area contributed by atoms with Gasteiger partial charge in [-0.1, -0.05) is 69.9 Å². The molecule has 0 spiro atoms. The Morgan fingerprint density at radius 3 is 2.62 bits per heavy atom. The number of rotatable bonds is 9. The van der Waals surface area contributed by atoms with Crippen LogP contribution in [0.15, 0.2) is 30.3 Å². The number of cyclic esters (lactones) is 1. The van der Waals surface area contributed by atoms with Crippen LogP contribution in [0.1, 0.15) is 70.3 Å². The van der Waals surface area contributed by atoms with Gasteiger partial charge in [-0.2, -0.15) is 0 Å². The molecule has 1 aliphatic rings. The highest BCUT2D eigenvalue weighted by molar-refractivity contribution is 5.84.